The first-order valence-corrected chi connectivity index (χ1v) is 10.3. The number of halogens is 3. The second-order valence-corrected chi connectivity index (χ2v) is 8.24. The Kier molecular flexibility index (Phi) is 5.46. The molecule has 9 heteroatoms. The number of carbonyl (C=O) groups excluding carboxylic acids is 1. The van der Waals surface area contributed by atoms with E-state index >= 15 is 0 Å². The number of alkyl halides is 3. The molecule has 4 rings (SSSR count). The molecule has 5 nitrogen and oxygen atoms in total. The molecule has 0 aliphatic carbocycles. The summed E-state index contributed by atoms with van der Waals surface area (Å²) in [5, 5.41) is 0.717. The average Bonchev–Trinajstić information content (AvgIpc) is 2.96. The Balaban J connectivity index is 1.46. The minimum Gasteiger partial charge on any atom is -0.381 e. The van der Waals surface area contributed by atoms with Gasteiger partial charge in [-0.25, -0.2) is 4.98 Å². The molecule has 0 N–H and O–H groups in total. The van der Waals surface area contributed by atoms with Crippen molar-refractivity contribution in [3.8, 4) is 0 Å². The second kappa shape index (κ2) is 7.87. The SMILES string of the molecule is O=C(C1CCOCC1)N1CCCN(c2nc3cc(C(F)(F)F)ccc3s2)CC1. The number of carbonyl (C=O) groups is 1. The zero-order chi connectivity index (χ0) is 19.7. The van der Waals surface area contributed by atoms with E-state index in [1.54, 1.807) is 0 Å². The lowest BCUT2D eigenvalue weighted by Gasteiger charge is -2.28. The standard InChI is InChI=1S/C19H22F3N3O2S/c20-19(21,22)14-2-3-16-15(12-14)23-18(28-16)25-7-1-6-24(8-9-25)17(26)13-4-10-27-11-5-13/h2-3,12-13H,1,4-11H2. The van der Waals surface area contributed by atoms with E-state index in [0.717, 1.165) is 47.8 Å². The van der Waals surface area contributed by atoms with Gasteiger partial charge in [0.2, 0.25) is 5.91 Å². The van der Waals surface area contributed by atoms with Gasteiger partial charge in [-0.05, 0) is 37.5 Å². The Morgan fingerprint density at radius 3 is 2.68 bits per heavy atom. The molecule has 2 aliphatic rings. The van der Waals surface area contributed by atoms with Gasteiger partial charge in [0.1, 0.15) is 0 Å². The van der Waals surface area contributed by atoms with Crippen molar-refractivity contribution in [3.05, 3.63) is 23.8 Å². The molecule has 28 heavy (non-hydrogen) atoms. The lowest BCUT2D eigenvalue weighted by atomic mass is 9.98. The fraction of sp³-hybridized carbons (Fsp3) is 0.579. The number of amides is 1. The van der Waals surface area contributed by atoms with Gasteiger partial charge in [-0.2, -0.15) is 13.2 Å². The first-order chi connectivity index (χ1) is 13.4. The van der Waals surface area contributed by atoms with Crippen LogP contribution >= 0.6 is 11.3 Å². The number of benzene rings is 1. The Morgan fingerprint density at radius 1 is 1.14 bits per heavy atom. The maximum atomic E-state index is 12.9. The smallest absolute Gasteiger partial charge is 0.381 e. The Hall–Kier alpha value is -1.87. The molecule has 2 aliphatic heterocycles. The number of aromatic nitrogens is 1. The van der Waals surface area contributed by atoms with Crippen LogP contribution in [0.4, 0.5) is 18.3 Å². The van der Waals surface area contributed by atoms with E-state index in [9.17, 15) is 18.0 Å². The topological polar surface area (TPSA) is 45.7 Å². The number of fused-ring (bicyclic) bond motifs is 1. The van der Waals surface area contributed by atoms with E-state index in [-0.39, 0.29) is 11.8 Å². The molecule has 152 valence electrons. The van der Waals surface area contributed by atoms with Gasteiger partial charge >= 0.3 is 6.18 Å². The Labute approximate surface area is 165 Å². The summed E-state index contributed by atoms with van der Waals surface area (Å²) in [6.07, 6.45) is -2.00. The molecule has 0 saturated carbocycles. The first-order valence-electron chi connectivity index (χ1n) is 9.51. The number of thiazole rings is 1. The number of rotatable bonds is 2. The van der Waals surface area contributed by atoms with Crippen LogP contribution in [0.3, 0.4) is 0 Å². The van der Waals surface area contributed by atoms with Crippen molar-refractivity contribution < 1.29 is 22.7 Å². The number of nitrogens with zero attached hydrogens (tertiary/aromatic N) is 3. The Bertz CT molecular complexity index is 849. The zero-order valence-electron chi connectivity index (χ0n) is 15.4. The fourth-order valence-electron chi connectivity index (χ4n) is 3.76. The molecule has 0 spiro atoms. The van der Waals surface area contributed by atoms with E-state index in [2.05, 4.69) is 9.88 Å². The number of anilines is 1. The average molecular weight is 413 g/mol. The number of hydrogen-bond donors (Lipinski definition) is 0. The highest BCUT2D eigenvalue weighted by atomic mass is 32.1. The van der Waals surface area contributed by atoms with E-state index in [0.29, 0.717) is 38.4 Å². The molecule has 1 aromatic carbocycles. The van der Waals surface area contributed by atoms with Crippen molar-refractivity contribution in [1.82, 2.24) is 9.88 Å². The minimum atomic E-state index is -4.37. The van der Waals surface area contributed by atoms with Crippen molar-refractivity contribution in [2.45, 2.75) is 25.4 Å². The van der Waals surface area contributed by atoms with E-state index < -0.39 is 11.7 Å². The van der Waals surface area contributed by atoms with Gasteiger partial charge in [0.15, 0.2) is 5.13 Å². The molecule has 0 unspecified atom stereocenters. The van der Waals surface area contributed by atoms with Crippen molar-refractivity contribution in [2.75, 3.05) is 44.3 Å². The lowest BCUT2D eigenvalue weighted by molar-refractivity contribution is -0.138. The van der Waals surface area contributed by atoms with Crippen molar-refractivity contribution in [3.63, 3.8) is 0 Å². The van der Waals surface area contributed by atoms with Gasteiger partial charge in [0.05, 0.1) is 15.8 Å². The van der Waals surface area contributed by atoms with Gasteiger partial charge in [-0.1, -0.05) is 11.3 Å². The van der Waals surface area contributed by atoms with Gasteiger partial charge in [0, 0.05) is 45.3 Å². The van der Waals surface area contributed by atoms with Crippen LogP contribution in [-0.4, -0.2) is 55.2 Å². The van der Waals surface area contributed by atoms with Crippen molar-refractivity contribution >= 4 is 32.6 Å². The third kappa shape index (κ3) is 4.10. The van der Waals surface area contributed by atoms with Gasteiger partial charge in [0.25, 0.3) is 0 Å². The summed E-state index contributed by atoms with van der Waals surface area (Å²) in [6.45, 7) is 3.98. The van der Waals surface area contributed by atoms with Gasteiger partial charge in [-0.15, -0.1) is 0 Å². The van der Waals surface area contributed by atoms with Crippen LogP contribution in [0.15, 0.2) is 18.2 Å². The molecule has 0 atom stereocenters. The molecule has 1 aromatic heterocycles. The molecule has 2 aromatic rings. The van der Waals surface area contributed by atoms with Gasteiger partial charge < -0.3 is 14.5 Å². The maximum absolute atomic E-state index is 12.9. The Morgan fingerprint density at radius 2 is 1.93 bits per heavy atom. The zero-order valence-corrected chi connectivity index (χ0v) is 16.2. The predicted octanol–water partition coefficient (Wildman–Crippen LogP) is 3.78. The van der Waals surface area contributed by atoms with E-state index in [4.69, 9.17) is 4.74 Å². The minimum absolute atomic E-state index is 0.0449. The summed E-state index contributed by atoms with van der Waals surface area (Å²) in [7, 11) is 0. The van der Waals surface area contributed by atoms with E-state index in [1.165, 1.54) is 17.4 Å². The van der Waals surface area contributed by atoms with Crippen LogP contribution in [0, 0.1) is 5.92 Å². The van der Waals surface area contributed by atoms with Crippen LogP contribution < -0.4 is 4.90 Å². The van der Waals surface area contributed by atoms with Crippen molar-refractivity contribution in [2.24, 2.45) is 5.92 Å². The van der Waals surface area contributed by atoms with Crippen LogP contribution in [0.5, 0.6) is 0 Å². The van der Waals surface area contributed by atoms with Crippen LogP contribution in [0.1, 0.15) is 24.8 Å². The van der Waals surface area contributed by atoms with Gasteiger partial charge in [-0.3, -0.25) is 4.79 Å². The maximum Gasteiger partial charge on any atom is 0.416 e. The number of ether oxygens (including phenoxy) is 1. The molecule has 2 fully saturated rings. The highest BCUT2D eigenvalue weighted by Crippen LogP contribution is 2.35. The molecular weight excluding hydrogens is 391 g/mol. The second-order valence-electron chi connectivity index (χ2n) is 7.23. The molecule has 2 saturated heterocycles. The van der Waals surface area contributed by atoms with E-state index in [1.807, 2.05) is 4.90 Å². The monoisotopic (exact) mass is 413 g/mol. The summed E-state index contributed by atoms with van der Waals surface area (Å²) >= 11 is 1.40. The third-order valence-corrected chi connectivity index (χ3v) is 6.45. The fourth-order valence-corrected chi connectivity index (χ4v) is 4.76. The highest BCUT2D eigenvalue weighted by Gasteiger charge is 2.31. The molecule has 3 heterocycles. The largest absolute Gasteiger partial charge is 0.416 e. The summed E-state index contributed by atoms with van der Waals surface area (Å²) in [4.78, 5) is 21.2. The molecule has 0 bridgehead atoms. The number of hydrogen-bond acceptors (Lipinski definition) is 5. The van der Waals surface area contributed by atoms with Crippen LogP contribution in [0.25, 0.3) is 10.2 Å². The quantitative estimate of drug-likeness (QED) is 0.752. The van der Waals surface area contributed by atoms with Crippen LogP contribution in [-0.2, 0) is 15.7 Å². The summed E-state index contributed by atoms with van der Waals surface area (Å²) < 4.78 is 44.8. The highest BCUT2D eigenvalue weighted by molar-refractivity contribution is 7.22. The van der Waals surface area contributed by atoms with Crippen molar-refractivity contribution in [1.29, 1.82) is 0 Å². The molecule has 1 amide bonds. The normalized spacial score (nSPS) is 19.8. The molecule has 0 radical (unpaired) electrons. The first kappa shape index (κ1) is 19.4. The molecular formula is C19H22F3N3O2S. The summed E-state index contributed by atoms with van der Waals surface area (Å²) in [5.74, 6) is 0.243. The predicted molar refractivity (Wildman–Crippen MR) is 102 cm³/mol. The van der Waals surface area contributed by atoms with Crippen LogP contribution in [0.2, 0.25) is 0 Å². The summed E-state index contributed by atoms with van der Waals surface area (Å²) in [5.41, 5.74) is -0.310. The third-order valence-electron chi connectivity index (χ3n) is 5.35. The lowest BCUT2D eigenvalue weighted by Crippen LogP contribution is -2.40. The summed E-state index contributed by atoms with van der Waals surface area (Å²) in [6, 6.07) is 3.69.